The van der Waals surface area contributed by atoms with E-state index in [9.17, 15) is 18.4 Å². The topological polar surface area (TPSA) is 74.5 Å². The molecule has 3 aromatic carbocycles. The Kier molecular flexibility index (Phi) is 6.90. The number of alkyl halides is 2. The number of ether oxygens (including phenoxy) is 2. The first-order valence-corrected chi connectivity index (χ1v) is 12.0. The van der Waals surface area contributed by atoms with Crippen LogP contribution in [0.2, 0.25) is 0 Å². The first kappa shape index (κ1) is 26.1. The second kappa shape index (κ2) is 10.3. The molecule has 1 amide bonds. The molecule has 1 N–H and O–H groups in total. The fraction of sp³-hybridized carbons (Fsp3) is 0.214. The molecule has 202 valence electrons. The molecule has 39 heavy (non-hydrogen) atoms. The van der Waals surface area contributed by atoms with Gasteiger partial charge in [-0.25, -0.2) is 13.5 Å². The molecule has 1 fully saturated rings. The van der Waals surface area contributed by atoms with Crippen LogP contribution in [-0.4, -0.2) is 29.0 Å². The Morgan fingerprint density at radius 2 is 1.67 bits per heavy atom. The number of hydrogen-bond donors (Lipinski definition) is 1. The molecule has 1 aromatic heterocycles. The Bertz CT molecular complexity index is 1590. The van der Waals surface area contributed by atoms with Crippen LogP contribution in [0.25, 0.3) is 16.9 Å². The molecule has 0 aliphatic heterocycles. The number of nitrogens with one attached hydrogen (secondary N) is 1. The third-order valence-corrected chi connectivity index (χ3v) is 6.50. The first-order chi connectivity index (χ1) is 18.7. The maximum absolute atomic E-state index is 15.2. The van der Waals surface area contributed by atoms with Crippen molar-refractivity contribution >= 4 is 11.6 Å². The molecule has 0 unspecified atom stereocenters. The van der Waals surface area contributed by atoms with Gasteiger partial charge in [-0.1, -0.05) is 12.1 Å². The summed E-state index contributed by atoms with van der Waals surface area (Å²) in [5.74, 6) is -2.65. The van der Waals surface area contributed by atoms with Gasteiger partial charge in [0.1, 0.15) is 34.5 Å². The van der Waals surface area contributed by atoms with E-state index in [4.69, 9.17) is 4.74 Å². The minimum Gasteiger partial charge on any atom is -0.497 e. The summed E-state index contributed by atoms with van der Waals surface area (Å²) >= 11 is 0. The monoisotopic (exact) mass is 541 g/mol. The SMILES string of the molecule is COc1cc(F)c(-c2c(NC(=O)c3ccc(OC(F)F)cc3)c(=O)n(-c3cccc(C4CC4)c3)n2C)c(F)c1. The predicted octanol–water partition coefficient (Wildman–Crippen LogP) is 5.86. The lowest BCUT2D eigenvalue weighted by molar-refractivity contribution is -0.0498. The third kappa shape index (κ3) is 5.12. The standard InChI is InChI=1S/C28H23F4N3O4/c1-34-25(23-21(29)13-20(38-2)14-22(23)30)24(33-26(36)16-8-10-19(11-9-16)39-28(31)32)27(37)35(34)18-5-3-4-17(12-18)15-6-7-15/h3-5,8-15,28H,6-7H2,1-2H3,(H,33,36). The van der Waals surface area contributed by atoms with Crippen LogP contribution in [0.5, 0.6) is 11.5 Å². The number of methoxy groups -OCH3 is 1. The quantitative estimate of drug-likeness (QED) is 0.284. The van der Waals surface area contributed by atoms with Crippen LogP contribution in [0.3, 0.4) is 0 Å². The zero-order valence-corrected chi connectivity index (χ0v) is 20.9. The van der Waals surface area contributed by atoms with E-state index in [1.54, 1.807) is 12.1 Å². The number of anilines is 1. The van der Waals surface area contributed by atoms with Crippen molar-refractivity contribution in [2.75, 3.05) is 12.4 Å². The fourth-order valence-corrected chi connectivity index (χ4v) is 4.49. The Morgan fingerprint density at radius 1 is 1.00 bits per heavy atom. The molecule has 7 nitrogen and oxygen atoms in total. The van der Waals surface area contributed by atoms with Crippen LogP contribution in [0.1, 0.15) is 34.7 Å². The summed E-state index contributed by atoms with van der Waals surface area (Å²) in [7, 11) is 2.71. The maximum atomic E-state index is 15.2. The van der Waals surface area contributed by atoms with Crippen molar-refractivity contribution < 1.29 is 31.8 Å². The minimum atomic E-state index is -3.04. The lowest BCUT2D eigenvalue weighted by atomic mass is 10.1. The zero-order valence-electron chi connectivity index (χ0n) is 20.9. The second-order valence-corrected chi connectivity index (χ2v) is 9.06. The van der Waals surface area contributed by atoms with Crippen LogP contribution in [0.15, 0.2) is 65.5 Å². The molecule has 0 radical (unpaired) electrons. The molecule has 0 spiro atoms. The molecule has 11 heteroatoms. The van der Waals surface area contributed by atoms with E-state index in [0.717, 1.165) is 42.7 Å². The number of carbonyl (C=O) groups is 1. The van der Waals surface area contributed by atoms with Crippen LogP contribution in [0, 0.1) is 11.6 Å². The normalized spacial score (nSPS) is 13.0. The highest BCUT2D eigenvalue weighted by atomic mass is 19.3. The van der Waals surface area contributed by atoms with Gasteiger partial charge in [0.25, 0.3) is 11.5 Å². The number of halogens is 4. The van der Waals surface area contributed by atoms with Crippen LogP contribution in [-0.2, 0) is 7.05 Å². The second-order valence-electron chi connectivity index (χ2n) is 9.06. The van der Waals surface area contributed by atoms with Gasteiger partial charge < -0.3 is 14.8 Å². The van der Waals surface area contributed by atoms with Crippen molar-refractivity contribution in [1.29, 1.82) is 0 Å². The number of benzene rings is 3. The van der Waals surface area contributed by atoms with E-state index in [-0.39, 0.29) is 28.4 Å². The third-order valence-electron chi connectivity index (χ3n) is 6.50. The Balaban J connectivity index is 1.63. The van der Waals surface area contributed by atoms with Crippen LogP contribution >= 0.6 is 0 Å². The average Bonchev–Trinajstić information content (AvgIpc) is 3.72. The van der Waals surface area contributed by atoms with Crippen molar-refractivity contribution in [3.63, 3.8) is 0 Å². The summed E-state index contributed by atoms with van der Waals surface area (Å²) in [4.78, 5) is 26.8. The Hall–Kier alpha value is -4.54. The lowest BCUT2D eigenvalue weighted by Crippen LogP contribution is -2.23. The largest absolute Gasteiger partial charge is 0.497 e. The predicted molar refractivity (Wildman–Crippen MR) is 136 cm³/mol. The molecule has 1 heterocycles. The van der Waals surface area contributed by atoms with Gasteiger partial charge in [-0.05, 0) is 60.7 Å². The van der Waals surface area contributed by atoms with Crippen LogP contribution < -0.4 is 20.3 Å². The molecule has 1 aliphatic rings. The molecule has 0 atom stereocenters. The number of hydrogen-bond acceptors (Lipinski definition) is 4. The van der Waals surface area contributed by atoms with Crippen molar-refractivity contribution in [1.82, 2.24) is 9.36 Å². The lowest BCUT2D eigenvalue weighted by Gasteiger charge is -2.13. The van der Waals surface area contributed by atoms with Gasteiger partial charge in [0.15, 0.2) is 0 Å². The maximum Gasteiger partial charge on any atom is 0.387 e. The highest BCUT2D eigenvalue weighted by molar-refractivity contribution is 6.06. The molecule has 4 aromatic rings. The summed E-state index contributed by atoms with van der Waals surface area (Å²) < 4.78 is 67.2. The van der Waals surface area contributed by atoms with Gasteiger partial charge in [0.2, 0.25) is 0 Å². The van der Waals surface area contributed by atoms with E-state index in [0.29, 0.717) is 11.6 Å². The van der Waals surface area contributed by atoms with Crippen molar-refractivity contribution in [2.24, 2.45) is 7.05 Å². The van der Waals surface area contributed by atoms with Gasteiger partial charge >= 0.3 is 6.61 Å². The highest BCUT2D eigenvalue weighted by Gasteiger charge is 2.29. The molecule has 1 saturated carbocycles. The van der Waals surface area contributed by atoms with Crippen molar-refractivity contribution in [3.05, 3.63) is 93.8 Å². The van der Waals surface area contributed by atoms with E-state index >= 15 is 8.78 Å². The van der Waals surface area contributed by atoms with Gasteiger partial charge in [-0.3, -0.25) is 14.3 Å². The molecule has 0 saturated heterocycles. The van der Waals surface area contributed by atoms with Gasteiger partial charge in [0.05, 0.1) is 18.4 Å². The van der Waals surface area contributed by atoms with Gasteiger partial charge in [0, 0.05) is 24.7 Å². The van der Waals surface area contributed by atoms with E-state index in [2.05, 4.69) is 10.1 Å². The fourth-order valence-electron chi connectivity index (χ4n) is 4.49. The molecular weight excluding hydrogens is 518 g/mol. The van der Waals surface area contributed by atoms with Crippen molar-refractivity contribution in [3.8, 4) is 28.4 Å². The van der Waals surface area contributed by atoms with Gasteiger partial charge in [-0.15, -0.1) is 0 Å². The Morgan fingerprint density at radius 3 is 2.26 bits per heavy atom. The van der Waals surface area contributed by atoms with E-state index in [1.165, 1.54) is 35.7 Å². The number of rotatable bonds is 8. The van der Waals surface area contributed by atoms with Gasteiger partial charge in [-0.2, -0.15) is 8.78 Å². The summed E-state index contributed by atoms with van der Waals surface area (Å²) in [5.41, 5.74) is -0.346. The molecular formula is C28H23F4N3O4. The number of amides is 1. The van der Waals surface area contributed by atoms with Crippen molar-refractivity contribution in [2.45, 2.75) is 25.4 Å². The summed E-state index contributed by atoms with van der Waals surface area (Å²) in [6, 6.07) is 14.0. The highest BCUT2D eigenvalue weighted by Crippen LogP contribution is 2.41. The average molecular weight is 542 g/mol. The molecule has 5 rings (SSSR count). The van der Waals surface area contributed by atoms with E-state index in [1.807, 2.05) is 12.1 Å². The number of aromatic nitrogens is 2. The molecule has 0 bridgehead atoms. The first-order valence-electron chi connectivity index (χ1n) is 12.0. The zero-order chi connectivity index (χ0) is 27.8. The van der Waals surface area contributed by atoms with E-state index < -0.39 is 35.3 Å². The minimum absolute atomic E-state index is 0.00350. The number of carbonyl (C=O) groups excluding carboxylic acids is 1. The summed E-state index contributed by atoms with van der Waals surface area (Å²) in [6.45, 7) is -3.04. The number of nitrogens with zero attached hydrogens (tertiary/aromatic N) is 2. The smallest absolute Gasteiger partial charge is 0.387 e. The molecule has 1 aliphatic carbocycles. The Labute approximate surface area is 220 Å². The van der Waals surface area contributed by atoms with Crippen LogP contribution in [0.4, 0.5) is 23.2 Å². The summed E-state index contributed by atoms with van der Waals surface area (Å²) in [6.07, 6.45) is 2.06. The summed E-state index contributed by atoms with van der Waals surface area (Å²) in [5, 5.41) is 2.47.